The predicted molar refractivity (Wildman–Crippen MR) is 119 cm³/mol. The second-order valence-corrected chi connectivity index (χ2v) is 9.24. The molecule has 0 aromatic heterocycles. The van der Waals surface area contributed by atoms with Crippen LogP contribution in [0.2, 0.25) is 0 Å². The van der Waals surface area contributed by atoms with Gasteiger partial charge in [0.05, 0.1) is 18.2 Å². The molecular formula is C24H20N2O6S. The summed E-state index contributed by atoms with van der Waals surface area (Å²) in [5, 5.41) is 9.67. The molecule has 33 heavy (non-hydrogen) atoms. The molecule has 1 unspecified atom stereocenters. The number of thioether (sulfide) groups is 1. The standard InChI is InChI=1S/C24H20N2O6S/c1-12-7-8-17(27)13(9-12)10-14-11-33-23-19(22(30)26(23)18(14)24(31)32-2)25-20(28)15-5-3-4-6-16(15)21(25)29/h3-9,19,23,27H,10-11H2,1-2H3/t19?,23-/m1/s1. The smallest absolute Gasteiger partial charge is 0.354 e. The number of benzene rings is 2. The van der Waals surface area contributed by atoms with Gasteiger partial charge in [-0.1, -0.05) is 29.8 Å². The van der Waals surface area contributed by atoms with Gasteiger partial charge in [-0.25, -0.2) is 4.79 Å². The van der Waals surface area contributed by atoms with Crippen LogP contribution in [0, 0.1) is 6.92 Å². The zero-order valence-corrected chi connectivity index (χ0v) is 18.7. The van der Waals surface area contributed by atoms with Gasteiger partial charge < -0.3 is 9.84 Å². The minimum atomic E-state index is -0.990. The minimum absolute atomic E-state index is 0.100. The first-order chi connectivity index (χ1) is 15.8. The first kappa shape index (κ1) is 21.3. The monoisotopic (exact) mass is 464 g/mol. The van der Waals surface area contributed by atoms with Crippen molar-refractivity contribution in [3.63, 3.8) is 0 Å². The number of β-lactam (4-membered cyclic amide) rings is 1. The van der Waals surface area contributed by atoms with Crippen molar-refractivity contribution < 1.29 is 29.0 Å². The average Bonchev–Trinajstić information content (AvgIpc) is 3.06. The molecule has 0 radical (unpaired) electrons. The first-order valence-electron chi connectivity index (χ1n) is 10.3. The SMILES string of the molecule is COC(=O)C1=C(Cc2cc(C)ccc2O)CS[C@@H]2C(N3C(=O)c4ccccc4C3=O)C(=O)N12. The van der Waals surface area contributed by atoms with E-state index >= 15 is 0 Å². The molecular weight excluding hydrogens is 444 g/mol. The number of hydrogen-bond donors (Lipinski definition) is 1. The fraction of sp³-hybridized carbons (Fsp3) is 0.250. The molecule has 2 atom stereocenters. The lowest BCUT2D eigenvalue weighted by Crippen LogP contribution is -2.71. The Morgan fingerprint density at radius 2 is 1.76 bits per heavy atom. The van der Waals surface area contributed by atoms with Gasteiger partial charge in [0, 0.05) is 12.2 Å². The maximum absolute atomic E-state index is 13.3. The fourth-order valence-corrected chi connectivity index (χ4v) is 5.92. The Morgan fingerprint density at radius 1 is 1.09 bits per heavy atom. The molecule has 0 saturated carbocycles. The molecule has 5 rings (SSSR count). The van der Waals surface area contributed by atoms with E-state index in [1.807, 2.05) is 13.0 Å². The fourth-order valence-electron chi connectivity index (χ4n) is 4.54. The van der Waals surface area contributed by atoms with E-state index in [0.29, 0.717) is 16.9 Å². The molecule has 2 aromatic carbocycles. The van der Waals surface area contributed by atoms with Gasteiger partial charge in [-0.15, -0.1) is 11.8 Å². The van der Waals surface area contributed by atoms with E-state index in [-0.39, 0.29) is 29.0 Å². The number of phenols is 1. The van der Waals surface area contributed by atoms with E-state index in [1.165, 1.54) is 23.8 Å². The molecule has 3 aliphatic heterocycles. The van der Waals surface area contributed by atoms with Crippen molar-refractivity contribution in [1.29, 1.82) is 0 Å². The summed E-state index contributed by atoms with van der Waals surface area (Å²) in [6, 6.07) is 10.7. The van der Waals surface area contributed by atoms with Crippen LogP contribution in [0.15, 0.2) is 53.7 Å². The molecule has 168 valence electrons. The second kappa shape index (κ2) is 7.77. The molecule has 2 aromatic rings. The third-order valence-electron chi connectivity index (χ3n) is 6.14. The third kappa shape index (κ3) is 3.14. The van der Waals surface area contributed by atoms with Crippen molar-refractivity contribution in [2.45, 2.75) is 24.8 Å². The third-order valence-corrected chi connectivity index (χ3v) is 7.47. The van der Waals surface area contributed by atoms with Crippen LogP contribution in [-0.4, -0.2) is 62.9 Å². The Labute approximate surface area is 193 Å². The molecule has 0 bridgehead atoms. The van der Waals surface area contributed by atoms with Crippen molar-refractivity contribution in [2.24, 2.45) is 0 Å². The number of aromatic hydroxyl groups is 1. The number of fused-ring (bicyclic) bond motifs is 2. The Morgan fingerprint density at radius 3 is 2.39 bits per heavy atom. The van der Waals surface area contributed by atoms with Gasteiger partial charge in [0.1, 0.15) is 22.9 Å². The number of imide groups is 1. The lowest BCUT2D eigenvalue weighted by atomic mass is 9.97. The molecule has 1 saturated heterocycles. The molecule has 1 N–H and O–H groups in total. The second-order valence-electron chi connectivity index (χ2n) is 8.13. The van der Waals surface area contributed by atoms with Crippen molar-refractivity contribution in [3.8, 4) is 5.75 Å². The lowest BCUT2D eigenvalue weighted by Gasteiger charge is -2.51. The predicted octanol–water partition coefficient (Wildman–Crippen LogP) is 2.25. The van der Waals surface area contributed by atoms with Gasteiger partial charge >= 0.3 is 5.97 Å². The molecule has 3 amide bonds. The van der Waals surface area contributed by atoms with E-state index < -0.39 is 35.1 Å². The molecule has 0 spiro atoms. The molecule has 1 fully saturated rings. The molecule has 0 aliphatic carbocycles. The van der Waals surface area contributed by atoms with Gasteiger partial charge in [-0.05, 0) is 36.3 Å². The minimum Gasteiger partial charge on any atom is -0.508 e. The summed E-state index contributed by atoms with van der Waals surface area (Å²) in [6.45, 7) is 1.90. The number of carbonyl (C=O) groups excluding carboxylic acids is 4. The van der Waals surface area contributed by atoms with Crippen LogP contribution in [0.3, 0.4) is 0 Å². The van der Waals surface area contributed by atoms with E-state index in [2.05, 4.69) is 0 Å². The molecule has 9 heteroatoms. The number of phenolic OH excluding ortho intramolecular Hbond substituents is 1. The number of methoxy groups -OCH3 is 1. The maximum Gasteiger partial charge on any atom is 0.354 e. The highest BCUT2D eigenvalue weighted by atomic mass is 32.2. The molecule has 8 nitrogen and oxygen atoms in total. The Kier molecular flexibility index (Phi) is 5.01. The van der Waals surface area contributed by atoms with Gasteiger partial charge in [-0.3, -0.25) is 24.2 Å². The van der Waals surface area contributed by atoms with Crippen LogP contribution >= 0.6 is 11.8 Å². The van der Waals surface area contributed by atoms with E-state index in [4.69, 9.17) is 4.74 Å². The highest BCUT2D eigenvalue weighted by molar-refractivity contribution is 8.00. The van der Waals surface area contributed by atoms with Crippen molar-refractivity contribution in [3.05, 3.63) is 76.0 Å². The Hall–Kier alpha value is -3.59. The number of aryl methyl sites for hydroxylation is 1. The summed E-state index contributed by atoms with van der Waals surface area (Å²) in [4.78, 5) is 54.1. The zero-order valence-electron chi connectivity index (χ0n) is 17.9. The van der Waals surface area contributed by atoms with Crippen LogP contribution in [-0.2, 0) is 20.7 Å². The van der Waals surface area contributed by atoms with Gasteiger partial charge in [-0.2, -0.15) is 0 Å². The molecule has 3 heterocycles. The first-order valence-corrected chi connectivity index (χ1v) is 11.4. The lowest BCUT2D eigenvalue weighted by molar-refractivity contribution is -0.153. The number of ether oxygens (including phenoxy) is 1. The zero-order chi connectivity index (χ0) is 23.4. The molecule has 3 aliphatic rings. The van der Waals surface area contributed by atoms with Gasteiger partial charge in [0.25, 0.3) is 17.7 Å². The summed E-state index contributed by atoms with van der Waals surface area (Å²) < 4.78 is 4.96. The number of nitrogens with zero attached hydrogens (tertiary/aromatic N) is 2. The summed E-state index contributed by atoms with van der Waals surface area (Å²) in [5.74, 6) is -1.71. The van der Waals surface area contributed by atoms with Gasteiger partial charge in [0.15, 0.2) is 0 Å². The van der Waals surface area contributed by atoms with Crippen LogP contribution in [0.5, 0.6) is 5.75 Å². The summed E-state index contributed by atoms with van der Waals surface area (Å²) in [7, 11) is 1.24. The van der Waals surface area contributed by atoms with E-state index in [1.54, 1.807) is 36.4 Å². The number of amides is 3. The van der Waals surface area contributed by atoms with Crippen molar-refractivity contribution >= 4 is 35.5 Å². The normalized spacial score (nSPS) is 21.7. The number of rotatable bonds is 4. The Balaban J connectivity index is 1.48. The van der Waals surface area contributed by atoms with Crippen LogP contribution in [0.1, 0.15) is 31.8 Å². The summed E-state index contributed by atoms with van der Waals surface area (Å²) in [6.07, 6.45) is 0.263. The maximum atomic E-state index is 13.3. The van der Waals surface area contributed by atoms with Crippen molar-refractivity contribution in [1.82, 2.24) is 9.80 Å². The summed E-state index contributed by atoms with van der Waals surface area (Å²) >= 11 is 1.38. The largest absolute Gasteiger partial charge is 0.508 e. The highest BCUT2D eigenvalue weighted by Gasteiger charge is 2.60. The Bertz CT molecular complexity index is 1230. The van der Waals surface area contributed by atoms with Gasteiger partial charge in [0.2, 0.25) is 0 Å². The average molecular weight is 464 g/mol. The van der Waals surface area contributed by atoms with Crippen LogP contribution in [0.4, 0.5) is 0 Å². The quantitative estimate of drug-likeness (QED) is 0.420. The topological polar surface area (TPSA) is 104 Å². The summed E-state index contributed by atoms with van der Waals surface area (Å²) in [5.41, 5.74) is 2.88. The van der Waals surface area contributed by atoms with Crippen molar-refractivity contribution in [2.75, 3.05) is 12.9 Å². The van der Waals surface area contributed by atoms with Crippen LogP contribution in [0.25, 0.3) is 0 Å². The highest BCUT2D eigenvalue weighted by Crippen LogP contribution is 2.45. The number of carbonyl (C=O) groups is 4. The van der Waals surface area contributed by atoms with Crippen LogP contribution < -0.4 is 0 Å². The number of esters is 1. The van der Waals surface area contributed by atoms with E-state index in [9.17, 15) is 24.3 Å². The number of hydrogen-bond acceptors (Lipinski definition) is 7. The van der Waals surface area contributed by atoms with E-state index in [0.717, 1.165) is 10.5 Å².